The second-order valence-electron chi connectivity index (χ2n) is 4.52. The summed E-state index contributed by atoms with van der Waals surface area (Å²) < 4.78 is 4.69. The second-order valence-corrected chi connectivity index (χ2v) is 6.35. The van der Waals surface area contributed by atoms with E-state index in [0.717, 1.165) is 16.7 Å². The molecule has 120 valence electrons. The highest BCUT2D eigenvalue weighted by atomic mass is 35.5. The van der Waals surface area contributed by atoms with Crippen molar-refractivity contribution in [1.82, 2.24) is 0 Å². The average Bonchev–Trinajstić information content (AvgIpc) is 2.56. The molecule has 0 aliphatic rings. The minimum Gasteiger partial charge on any atom is -0.515 e. The summed E-state index contributed by atoms with van der Waals surface area (Å²) in [5, 5.41) is 10.5. The molecule has 1 N–H and O–H groups in total. The Morgan fingerprint density at radius 1 is 1.17 bits per heavy atom. The Bertz CT molecular complexity index is 724. The number of esters is 1. The van der Waals surface area contributed by atoms with Gasteiger partial charge in [0.1, 0.15) is 5.57 Å². The van der Waals surface area contributed by atoms with E-state index in [9.17, 15) is 9.90 Å². The Hall–Kier alpha value is -1.62. The topological polar surface area (TPSA) is 46.5 Å². The van der Waals surface area contributed by atoms with Crippen molar-refractivity contribution in [2.75, 3.05) is 7.11 Å². The zero-order valence-electron chi connectivity index (χ0n) is 12.3. The van der Waals surface area contributed by atoms with Gasteiger partial charge in [-0.1, -0.05) is 47.5 Å². The lowest BCUT2D eigenvalue weighted by molar-refractivity contribution is -0.133. The number of benzene rings is 2. The number of rotatable bonds is 5. The van der Waals surface area contributed by atoms with Gasteiger partial charge in [-0.15, -0.1) is 11.8 Å². The number of aliphatic hydroxyl groups is 1. The van der Waals surface area contributed by atoms with Gasteiger partial charge in [0.05, 0.1) is 13.4 Å². The van der Waals surface area contributed by atoms with Gasteiger partial charge in [-0.25, -0.2) is 4.79 Å². The van der Waals surface area contributed by atoms with Gasteiger partial charge in [0, 0.05) is 26.3 Å². The molecule has 0 unspecified atom stereocenters. The standard InChI is InChI=1S/C17H14Cl2O3S/c1-22-17(21)12(9-20)11-5-2-3-8-16(11)23-10-13-14(18)6-4-7-15(13)19/h2-9,20H,10H2,1H3. The Morgan fingerprint density at radius 3 is 2.43 bits per heavy atom. The molecule has 0 bridgehead atoms. The van der Waals surface area contributed by atoms with Crippen LogP contribution in [0.15, 0.2) is 53.6 Å². The first-order valence-corrected chi connectivity index (χ1v) is 8.40. The van der Waals surface area contributed by atoms with E-state index >= 15 is 0 Å². The predicted octanol–water partition coefficient (Wildman–Crippen LogP) is 5.36. The van der Waals surface area contributed by atoms with E-state index in [-0.39, 0.29) is 5.57 Å². The monoisotopic (exact) mass is 368 g/mol. The van der Waals surface area contributed by atoms with Crippen molar-refractivity contribution in [2.45, 2.75) is 10.6 Å². The number of methoxy groups -OCH3 is 1. The van der Waals surface area contributed by atoms with Crippen LogP contribution in [0.25, 0.3) is 5.57 Å². The molecule has 0 aliphatic heterocycles. The first-order valence-electron chi connectivity index (χ1n) is 6.66. The van der Waals surface area contributed by atoms with Crippen LogP contribution in [-0.4, -0.2) is 18.2 Å². The van der Waals surface area contributed by atoms with Crippen molar-refractivity contribution < 1.29 is 14.6 Å². The summed E-state index contributed by atoms with van der Waals surface area (Å²) in [5.74, 6) is -0.0635. The molecule has 0 atom stereocenters. The van der Waals surface area contributed by atoms with E-state index in [1.807, 2.05) is 12.1 Å². The van der Waals surface area contributed by atoms with Crippen molar-refractivity contribution in [3.05, 3.63) is 69.9 Å². The third-order valence-corrected chi connectivity index (χ3v) is 4.95. The highest BCUT2D eigenvalue weighted by Gasteiger charge is 2.17. The van der Waals surface area contributed by atoms with Crippen molar-refractivity contribution in [3.8, 4) is 0 Å². The normalized spacial score (nSPS) is 11.3. The van der Waals surface area contributed by atoms with Crippen molar-refractivity contribution in [3.63, 3.8) is 0 Å². The van der Waals surface area contributed by atoms with E-state index in [1.165, 1.54) is 18.9 Å². The molecule has 2 rings (SSSR count). The second kappa shape index (κ2) is 8.29. The number of carbonyl (C=O) groups excluding carboxylic acids is 1. The molecular weight excluding hydrogens is 355 g/mol. The Kier molecular flexibility index (Phi) is 6.39. The third kappa shape index (κ3) is 4.22. The minimum absolute atomic E-state index is 0.0980. The summed E-state index contributed by atoms with van der Waals surface area (Å²) in [6, 6.07) is 12.6. The third-order valence-electron chi connectivity index (χ3n) is 3.15. The number of ether oxygens (including phenoxy) is 1. The molecule has 2 aromatic rings. The first kappa shape index (κ1) is 17.7. The van der Waals surface area contributed by atoms with Crippen LogP contribution in [0.3, 0.4) is 0 Å². The molecule has 0 fully saturated rings. The van der Waals surface area contributed by atoms with Crippen LogP contribution in [-0.2, 0) is 15.3 Å². The summed E-state index contributed by atoms with van der Waals surface area (Å²) in [6.45, 7) is 0. The minimum atomic E-state index is -0.601. The van der Waals surface area contributed by atoms with Gasteiger partial charge in [0.15, 0.2) is 0 Å². The van der Waals surface area contributed by atoms with Crippen molar-refractivity contribution >= 4 is 46.5 Å². The lowest BCUT2D eigenvalue weighted by atomic mass is 10.1. The zero-order chi connectivity index (χ0) is 16.8. The first-order chi connectivity index (χ1) is 11.1. The summed E-state index contributed by atoms with van der Waals surface area (Å²) in [7, 11) is 1.27. The number of hydrogen-bond acceptors (Lipinski definition) is 4. The number of thioether (sulfide) groups is 1. The fraction of sp³-hybridized carbons (Fsp3) is 0.118. The van der Waals surface area contributed by atoms with E-state index < -0.39 is 5.97 Å². The van der Waals surface area contributed by atoms with Crippen molar-refractivity contribution in [1.29, 1.82) is 0 Å². The molecule has 0 aliphatic carbocycles. The summed E-state index contributed by atoms with van der Waals surface area (Å²) in [5.41, 5.74) is 1.51. The van der Waals surface area contributed by atoms with Crippen LogP contribution in [0.5, 0.6) is 0 Å². The molecule has 0 radical (unpaired) electrons. The molecule has 2 aromatic carbocycles. The van der Waals surface area contributed by atoms with Gasteiger partial charge in [0.2, 0.25) is 0 Å². The van der Waals surface area contributed by atoms with E-state index in [0.29, 0.717) is 21.4 Å². The Balaban J connectivity index is 2.30. The summed E-state index contributed by atoms with van der Waals surface area (Å²) >= 11 is 13.8. The average molecular weight is 369 g/mol. The molecule has 23 heavy (non-hydrogen) atoms. The van der Waals surface area contributed by atoms with Crippen LogP contribution in [0.4, 0.5) is 0 Å². The highest BCUT2D eigenvalue weighted by Crippen LogP contribution is 2.35. The number of aliphatic hydroxyl groups excluding tert-OH is 1. The molecular formula is C17H14Cl2O3S. The number of carbonyl (C=O) groups is 1. The Labute approximate surface area is 148 Å². The largest absolute Gasteiger partial charge is 0.515 e. The SMILES string of the molecule is COC(=O)C(=CO)c1ccccc1SCc1c(Cl)cccc1Cl. The van der Waals surface area contributed by atoms with E-state index in [4.69, 9.17) is 27.9 Å². The highest BCUT2D eigenvalue weighted by molar-refractivity contribution is 7.98. The van der Waals surface area contributed by atoms with Crippen LogP contribution in [0.2, 0.25) is 10.0 Å². The molecule has 0 spiro atoms. The van der Waals surface area contributed by atoms with Gasteiger partial charge in [0.25, 0.3) is 0 Å². The maximum Gasteiger partial charge on any atom is 0.341 e. The van der Waals surface area contributed by atoms with E-state index in [1.54, 1.807) is 30.3 Å². The lowest BCUT2D eigenvalue weighted by Crippen LogP contribution is -2.05. The Morgan fingerprint density at radius 2 is 1.83 bits per heavy atom. The van der Waals surface area contributed by atoms with Crippen LogP contribution in [0, 0.1) is 0 Å². The maximum absolute atomic E-state index is 11.8. The molecule has 0 saturated heterocycles. The van der Waals surface area contributed by atoms with Gasteiger partial charge in [-0.3, -0.25) is 0 Å². The van der Waals surface area contributed by atoms with E-state index in [2.05, 4.69) is 0 Å². The summed E-state index contributed by atoms with van der Waals surface area (Å²) in [4.78, 5) is 12.6. The van der Waals surface area contributed by atoms with Gasteiger partial charge < -0.3 is 9.84 Å². The molecule has 0 saturated carbocycles. The van der Waals surface area contributed by atoms with Crippen molar-refractivity contribution in [2.24, 2.45) is 0 Å². The molecule has 6 heteroatoms. The van der Waals surface area contributed by atoms with Crippen LogP contribution < -0.4 is 0 Å². The fourth-order valence-electron chi connectivity index (χ4n) is 1.98. The fourth-order valence-corrected chi connectivity index (χ4v) is 3.79. The molecule has 3 nitrogen and oxygen atoms in total. The zero-order valence-corrected chi connectivity index (χ0v) is 14.6. The van der Waals surface area contributed by atoms with Crippen LogP contribution >= 0.6 is 35.0 Å². The summed E-state index contributed by atoms with van der Waals surface area (Å²) in [6.07, 6.45) is 0.758. The quantitative estimate of drug-likeness (QED) is 0.334. The number of halogens is 2. The molecule has 0 amide bonds. The lowest BCUT2D eigenvalue weighted by Gasteiger charge is -2.11. The number of hydrogen-bond donors (Lipinski definition) is 1. The van der Waals surface area contributed by atoms with Gasteiger partial charge >= 0.3 is 5.97 Å². The van der Waals surface area contributed by atoms with Gasteiger partial charge in [-0.05, 0) is 23.8 Å². The molecule has 0 heterocycles. The maximum atomic E-state index is 11.8. The molecule has 0 aromatic heterocycles. The predicted molar refractivity (Wildman–Crippen MR) is 95.1 cm³/mol. The van der Waals surface area contributed by atoms with Crippen LogP contribution in [0.1, 0.15) is 11.1 Å². The van der Waals surface area contributed by atoms with Gasteiger partial charge in [-0.2, -0.15) is 0 Å². The smallest absolute Gasteiger partial charge is 0.341 e.